The minimum absolute atomic E-state index is 0.148. The Labute approximate surface area is 125 Å². The monoisotopic (exact) mass is 302 g/mol. The van der Waals surface area contributed by atoms with Crippen molar-refractivity contribution in [3.8, 4) is 0 Å². The standard InChI is InChI=1S/C13H26N4O4/c1-9(18)17(5)11(6-12(19)15-2)13(20)21-10(7-14)8-16(3)4/h10-11H,6-8,14H2,1-5H3,(H,15,19)/t10-,11-/m0/s1. The van der Waals surface area contributed by atoms with E-state index in [1.54, 1.807) is 0 Å². The Balaban J connectivity index is 4.92. The molecule has 0 aromatic rings. The molecule has 8 nitrogen and oxygen atoms in total. The summed E-state index contributed by atoms with van der Waals surface area (Å²) in [6, 6.07) is -0.960. The predicted molar refractivity (Wildman–Crippen MR) is 78.4 cm³/mol. The van der Waals surface area contributed by atoms with Gasteiger partial charge in [-0.3, -0.25) is 9.59 Å². The number of hydrogen-bond acceptors (Lipinski definition) is 6. The van der Waals surface area contributed by atoms with Gasteiger partial charge in [0.15, 0.2) is 0 Å². The fourth-order valence-electron chi connectivity index (χ4n) is 1.69. The van der Waals surface area contributed by atoms with Gasteiger partial charge in [-0.2, -0.15) is 0 Å². The van der Waals surface area contributed by atoms with Crippen molar-refractivity contribution in [2.45, 2.75) is 25.5 Å². The number of rotatable bonds is 8. The first-order valence-corrected chi connectivity index (χ1v) is 6.72. The van der Waals surface area contributed by atoms with E-state index in [1.165, 1.54) is 25.9 Å². The number of nitrogens with zero attached hydrogens (tertiary/aromatic N) is 2. The molecule has 0 aromatic carbocycles. The quantitative estimate of drug-likeness (QED) is 0.523. The number of likely N-dealkylation sites (N-methyl/N-ethyl adjacent to an activating group) is 2. The maximum Gasteiger partial charge on any atom is 0.329 e. The summed E-state index contributed by atoms with van der Waals surface area (Å²) in [5.41, 5.74) is 5.57. The van der Waals surface area contributed by atoms with Crippen LogP contribution < -0.4 is 11.1 Å². The molecule has 0 aliphatic carbocycles. The predicted octanol–water partition coefficient (Wildman–Crippen LogP) is -1.60. The van der Waals surface area contributed by atoms with Crippen molar-refractivity contribution in [3.05, 3.63) is 0 Å². The molecule has 0 rings (SSSR count). The second-order valence-electron chi connectivity index (χ2n) is 5.08. The zero-order chi connectivity index (χ0) is 16.6. The van der Waals surface area contributed by atoms with Gasteiger partial charge in [-0.1, -0.05) is 0 Å². The van der Waals surface area contributed by atoms with Crippen molar-refractivity contribution in [3.63, 3.8) is 0 Å². The Kier molecular flexibility index (Phi) is 8.56. The molecular formula is C13H26N4O4. The Morgan fingerprint density at radius 2 is 1.81 bits per heavy atom. The van der Waals surface area contributed by atoms with Gasteiger partial charge < -0.3 is 25.6 Å². The molecule has 0 bridgehead atoms. The van der Waals surface area contributed by atoms with E-state index in [9.17, 15) is 14.4 Å². The highest BCUT2D eigenvalue weighted by atomic mass is 16.5. The van der Waals surface area contributed by atoms with Gasteiger partial charge in [0.25, 0.3) is 0 Å². The third-order valence-electron chi connectivity index (χ3n) is 3.01. The lowest BCUT2D eigenvalue weighted by molar-refractivity contribution is -0.159. The molecule has 0 fully saturated rings. The topological polar surface area (TPSA) is 105 Å². The average molecular weight is 302 g/mol. The molecule has 0 saturated carbocycles. The number of carbonyl (C=O) groups is 3. The van der Waals surface area contributed by atoms with Gasteiger partial charge in [-0.25, -0.2) is 4.79 Å². The first-order valence-electron chi connectivity index (χ1n) is 6.72. The van der Waals surface area contributed by atoms with Crippen LogP contribution in [0, 0.1) is 0 Å². The second-order valence-corrected chi connectivity index (χ2v) is 5.08. The smallest absolute Gasteiger partial charge is 0.329 e. The highest BCUT2D eigenvalue weighted by Crippen LogP contribution is 2.08. The van der Waals surface area contributed by atoms with Crippen molar-refractivity contribution in [2.24, 2.45) is 5.73 Å². The third kappa shape index (κ3) is 7.05. The van der Waals surface area contributed by atoms with E-state index >= 15 is 0 Å². The molecule has 122 valence electrons. The van der Waals surface area contributed by atoms with Gasteiger partial charge in [0.2, 0.25) is 11.8 Å². The normalized spacial score (nSPS) is 13.5. The van der Waals surface area contributed by atoms with Crippen molar-refractivity contribution < 1.29 is 19.1 Å². The Hall–Kier alpha value is -1.67. The van der Waals surface area contributed by atoms with Gasteiger partial charge in [-0.15, -0.1) is 0 Å². The zero-order valence-corrected chi connectivity index (χ0v) is 13.4. The van der Waals surface area contributed by atoms with Crippen LogP contribution in [0.3, 0.4) is 0 Å². The van der Waals surface area contributed by atoms with Crippen molar-refractivity contribution in [1.82, 2.24) is 15.1 Å². The molecule has 0 aliphatic rings. The maximum absolute atomic E-state index is 12.2. The number of nitrogens with one attached hydrogen (secondary N) is 1. The summed E-state index contributed by atoms with van der Waals surface area (Å²) in [6.07, 6.45) is -0.634. The molecular weight excluding hydrogens is 276 g/mol. The van der Waals surface area contributed by atoms with Crippen LogP contribution in [-0.4, -0.2) is 81.0 Å². The van der Waals surface area contributed by atoms with Crippen LogP contribution in [0.4, 0.5) is 0 Å². The Bertz CT molecular complexity index is 373. The van der Waals surface area contributed by atoms with Gasteiger partial charge >= 0.3 is 5.97 Å². The summed E-state index contributed by atoms with van der Waals surface area (Å²) >= 11 is 0. The van der Waals surface area contributed by atoms with Crippen LogP contribution in [0.15, 0.2) is 0 Å². The number of esters is 1. The molecule has 0 aliphatic heterocycles. The van der Waals surface area contributed by atoms with Crippen LogP contribution in [0.1, 0.15) is 13.3 Å². The molecule has 0 heterocycles. The Morgan fingerprint density at radius 3 is 2.19 bits per heavy atom. The first-order chi connectivity index (χ1) is 9.72. The number of nitrogens with two attached hydrogens (primary N) is 1. The first kappa shape index (κ1) is 19.3. The summed E-state index contributed by atoms with van der Waals surface area (Å²) in [5.74, 6) is -1.30. The minimum atomic E-state index is -0.960. The summed E-state index contributed by atoms with van der Waals surface area (Å²) in [7, 11) is 6.59. The Morgan fingerprint density at radius 1 is 1.24 bits per heavy atom. The average Bonchev–Trinajstić information content (AvgIpc) is 2.41. The molecule has 21 heavy (non-hydrogen) atoms. The molecule has 0 unspecified atom stereocenters. The number of amides is 2. The lowest BCUT2D eigenvalue weighted by atomic mass is 10.1. The molecule has 0 spiro atoms. The van der Waals surface area contributed by atoms with E-state index in [2.05, 4.69) is 5.32 Å². The van der Waals surface area contributed by atoms with Gasteiger partial charge in [-0.05, 0) is 14.1 Å². The molecule has 8 heteroatoms. The lowest BCUT2D eigenvalue weighted by Gasteiger charge is -2.28. The molecule has 0 aromatic heterocycles. The largest absolute Gasteiger partial charge is 0.458 e. The second kappa shape index (κ2) is 9.30. The molecule has 0 saturated heterocycles. The lowest BCUT2D eigenvalue weighted by Crippen LogP contribution is -2.47. The van der Waals surface area contributed by atoms with Crippen LogP contribution in [-0.2, 0) is 19.1 Å². The molecule has 2 amide bonds. The van der Waals surface area contributed by atoms with Crippen LogP contribution in [0.25, 0.3) is 0 Å². The van der Waals surface area contributed by atoms with Gasteiger partial charge in [0.05, 0.1) is 6.42 Å². The van der Waals surface area contributed by atoms with Crippen molar-refractivity contribution in [1.29, 1.82) is 0 Å². The fourth-order valence-corrected chi connectivity index (χ4v) is 1.69. The summed E-state index contributed by atoms with van der Waals surface area (Å²) in [6.45, 7) is 1.96. The van der Waals surface area contributed by atoms with E-state index in [4.69, 9.17) is 10.5 Å². The molecule has 3 N–H and O–H groups in total. The summed E-state index contributed by atoms with van der Waals surface area (Å²) in [4.78, 5) is 38.2. The van der Waals surface area contributed by atoms with Crippen molar-refractivity contribution in [2.75, 3.05) is 41.3 Å². The van der Waals surface area contributed by atoms with E-state index in [-0.39, 0.29) is 24.8 Å². The van der Waals surface area contributed by atoms with Crippen LogP contribution >= 0.6 is 0 Å². The number of carbonyl (C=O) groups excluding carboxylic acids is 3. The summed E-state index contributed by atoms with van der Waals surface area (Å²) in [5, 5.41) is 2.43. The van der Waals surface area contributed by atoms with E-state index in [0.717, 1.165) is 0 Å². The number of ether oxygens (including phenoxy) is 1. The highest BCUT2D eigenvalue weighted by molar-refractivity contribution is 5.88. The highest BCUT2D eigenvalue weighted by Gasteiger charge is 2.30. The molecule has 0 radical (unpaired) electrons. The van der Waals surface area contributed by atoms with E-state index in [0.29, 0.717) is 6.54 Å². The third-order valence-corrected chi connectivity index (χ3v) is 3.01. The SMILES string of the molecule is CNC(=O)C[C@@H](C(=O)O[C@@H](CN)CN(C)C)N(C)C(C)=O. The zero-order valence-electron chi connectivity index (χ0n) is 13.4. The van der Waals surface area contributed by atoms with Gasteiger partial charge in [0, 0.05) is 34.1 Å². The minimum Gasteiger partial charge on any atom is -0.458 e. The molecule has 2 atom stereocenters. The van der Waals surface area contributed by atoms with E-state index in [1.807, 2.05) is 19.0 Å². The van der Waals surface area contributed by atoms with Crippen LogP contribution in [0.5, 0.6) is 0 Å². The fraction of sp³-hybridized carbons (Fsp3) is 0.769. The van der Waals surface area contributed by atoms with Crippen LogP contribution in [0.2, 0.25) is 0 Å². The summed E-state index contributed by atoms with van der Waals surface area (Å²) < 4.78 is 5.31. The number of hydrogen-bond donors (Lipinski definition) is 2. The van der Waals surface area contributed by atoms with Gasteiger partial charge in [0.1, 0.15) is 12.1 Å². The van der Waals surface area contributed by atoms with Crippen molar-refractivity contribution >= 4 is 17.8 Å². The maximum atomic E-state index is 12.2. The van der Waals surface area contributed by atoms with E-state index < -0.39 is 18.1 Å².